The molecule has 0 radical (unpaired) electrons. The van der Waals surface area contributed by atoms with E-state index in [0.717, 1.165) is 24.5 Å². The summed E-state index contributed by atoms with van der Waals surface area (Å²) in [5.74, 6) is 0.898. The third kappa shape index (κ3) is 2.73. The molecule has 0 aliphatic rings. The van der Waals surface area contributed by atoms with Gasteiger partial charge in [-0.05, 0) is 20.3 Å². The minimum atomic E-state index is -0.161. The van der Waals surface area contributed by atoms with Crippen LogP contribution in [0.25, 0.3) is 0 Å². The maximum Gasteiger partial charge on any atom is 0.148 e. The summed E-state index contributed by atoms with van der Waals surface area (Å²) in [6, 6.07) is 2.02. The van der Waals surface area contributed by atoms with Crippen LogP contribution in [-0.4, -0.2) is 21.9 Å². The lowest BCUT2D eigenvalue weighted by atomic mass is 10.0. The fourth-order valence-electron chi connectivity index (χ4n) is 1.06. The molecule has 1 aromatic heterocycles. The van der Waals surface area contributed by atoms with Crippen molar-refractivity contribution < 1.29 is 0 Å². The van der Waals surface area contributed by atoms with Crippen molar-refractivity contribution >= 4 is 5.82 Å². The Bertz CT molecular complexity index is 282. The first-order valence-electron chi connectivity index (χ1n) is 4.98. The van der Waals surface area contributed by atoms with Gasteiger partial charge in [-0.3, -0.25) is 4.68 Å². The van der Waals surface area contributed by atoms with Gasteiger partial charge in [0.25, 0.3) is 0 Å². The van der Waals surface area contributed by atoms with Crippen molar-refractivity contribution in [2.75, 3.05) is 11.9 Å². The summed E-state index contributed by atoms with van der Waals surface area (Å²) in [5.41, 5.74) is 6.99. The van der Waals surface area contributed by atoms with Crippen LogP contribution >= 0.6 is 0 Å². The zero-order valence-electron chi connectivity index (χ0n) is 9.46. The molecule has 14 heavy (non-hydrogen) atoms. The van der Waals surface area contributed by atoms with Crippen LogP contribution in [0, 0.1) is 6.92 Å². The van der Waals surface area contributed by atoms with E-state index >= 15 is 0 Å². The van der Waals surface area contributed by atoms with Crippen molar-refractivity contribution in [1.82, 2.24) is 9.78 Å². The average molecular weight is 196 g/mol. The lowest BCUT2D eigenvalue weighted by Gasteiger charge is -2.22. The Morgan fingerprint density at radius 1 is 1.64 bits per heavy atom. The summed E-state index contributed by atoms with van der Waals surface area (Å²) in [5, 5.41) is 7.54. The fourth-order valence-corrected chi connectivity index (χ4v) is 1.06. The molecular formula is C10H20N4. The molecular weight excluding hydrogens is 176 g/mol. The predicted octanol–water partition coefficient (Wildman–Crippen LogP) is 1.27. The van der Waals surface area contributed by atoms with Crippen molar-refractivity contribution in [2.24, 2.45) is 12.8 Å². The zero-order chi connectivity index (χ0) is 10.8. The molecule has 4 heteroatoms. The van der Waals surface area contributed by atoms with Crippen molar-refractivity contribution in [3.8, 4) is 0 Å². The van der Waals surface area contributed by atoms with Gasteiger partial charge >= 0.3 is 0 Å². The van der Waals surface area contributed by atoms with Gasteiger partial charge in [0.15, 0.2) is 0 Å². The Hall–Kier alpha value is -1.03. The molecule has 1 heterocycles. The van der Waals surface area contributed by atoms with Gasteiger partial charge in [-0.15, -0.1) is 0 Å². The molecule has 1 atom stereocenters. The number of rotatable bonds is 4. The van der Waals surface area contributed by atoms with E-state index < -0.39 is 0 Å². The minimum Gasteiger partial charge on any atom is -0.367 e. The monoisotopic (exact) mass is 196 g/mol. The highest BCUT2D eigenvalue weighted by Gasteiger charge is 2.15. The third-order valence-electron chi connectivity index (χ3n) is 2.59. The quantitative estimate of drug-likeness (QED) is 0.762. The SMILES string of the molecule is CCC(C)(N)CNc1cc(C)n(C)n1. The second kappa shape index (κ2) is 4.00. The van der Waals surface area contributed by atoms with Gasteiger partial charge in [0.2, 0.25) is 0 Å². The van der Waals surface area contributed by atoms with E-state index in [0.29, 0.717) is 0 Å². The molecule has 0 fully saturated rings. The Morgan fingerprint density at radius 3 is 2.71 bits per heavy atom. The Kier molecular flexibility index (Phi) is 3.16. The summed E-state index contributed by atoms with van der Waals surface area (Å²) in [6.45, 7) is 6.90. The maximum atomic E-state index is 6.01. The minimum absolute atomic E-state index is 0.161. The number of anilines is 1. The molecule has 4 nitrogen and oxygen atoms in total. The first kappa shape index (κ1) is 11.0. The largest absolute Gasteiger partial charge is 0.367 e. The summed E-state index contributed by atoms with van der Waals surface area (Å²) in [7, 11) is 1.93. The van der Waals surface area contributed by atoms with Crippen molar-refractivity contribution in [3.63, 3.8) is 0 Å². The summed E-state index contributed by atoms with van der Waals surface area (Å²) in [4.78, 5) is 0. The highest BCUT2D eigenvalue weighted by atomic mass is 15.3. The van der Waals surface area contributed by atoms with Crippen LogP contribution in [0.15, 0.2) is 6.07 Å². The van der Waals surface area contributed by atoms with Crippen LogP contribution in [0.3, 0.4) is 0 Å². The summed E-state index contributed by atoms with van der Waals surface area (Å²) >= 11 is 0. The predicted molar refractivity (Wildman–Crippen MR) is 59.3 cm³/mol. The number of aryl methyl sites for hydroxylation is 2. The van der Waals surface area contributed by atoms with Gasteiger partial charge < -0.3 is 11.1 Å². The number of hydrogen-bond donors (Lipinski definition) is 2. The highest BCUT2D eigenvalue weighted by molar-refractivity contribution is 5.35. The molecule has 1 unspecified atom stereocenters. The second-order valence-corrected chi connectivity index (χ2v) is 4.16. The Labute approximate surface area is 85.5 Å². The smallest absolute Gasteiger partial charge is 0.148 e. The lowest BCUT2D eigenvalue weighted by Crippen LogP contribution is -2.42. The molecule has 0 aliphatic carbocycles. The van der Waals surface area contributed by atoms with Gasteiger partial charge in [-0.25, -0.2) is 0 Å². The van der Waals surface area contributed by atoms with Gasteiger partial charge in [-0.2, -0.15) is 5.10 Å². The number of hydrogen-bond acceptors (Lipinski definition) is 3. The number of nitrogens with one attached hydrogen (secondary N) is 1. The van der Waals surface area contributed by atoms with Crippen LogP contribution in [0.4, 0.5) is 5.82 Å². The lowest BCUT2D eigenvalue weighted by molar-refractivity contribution is 0.477. The molecule has 1 aromatic rings. The molecule has 0 aliphatic heterocycles. The van der Waals surface area contributed by atoms with Crippen LogP contribution in [0.5, 0.6) is 0 Å². The molecule has 0 saturated heterocycles. The molecule has 0 amide bonds. The standard InChI is InChI=1S/C10H20N4/c1-5-10(3,11)7-12-9-6-8(2)14(4)13-9/h6H,5,7,11H2,1-4H3,(H,12,13). The van der Waals surface area contributed by atoms with E-state index in [1.54, 1.807) is 0 Å². The van der Waals surface area contributed by atoms with Crippen LogP contribution in [0.2, 0.25) is 0 Å². The van der Waals surface area contributed by atoms with E-state index in [-0.39, 0.29) is 5.54 Å². The highest BCUT2D eigenvalue weighted by Crippen LogP contribution is 2.10. The van der Waals surface area contributed by atoms with Gasteiger partial charge in [-0.1, -0.05) is 6.92 Å². The van der Waals surface area contributed by atoms with Crippen molar-refractivity contribution in [2.45, 2.75) is 32.7 Å². The average Bonchev–Trinajstić information content (AvgIpc) is 2.44. The Balaban J connectivity index is 2.54. The first-order chi connectivity index (χ1) is 6.44. The summed E-state index contributed by atoms with van der Waals surface area (Å²) in [6.07, 6.45) is 0.950. The second-order valence-electron chi connectivity index (χ2n) is 4.16. The van der Waals surface area contributed by atoms with E-state index in [1.807, 2.05) is 31.6 Å². The molecule has 1 rings (SSSR count). The van der Waals surface area contributed by atoms with Gasteiger partial charge in [0, 0.05) is 30.9 Å². The fraction of sp³-hybridized carbons (Fsp3) is 0.700. The van der Waals surface area contributed by atoms with Crippen LogP contribution in [-0.2, 0) is 7.05 Å². The maximum absolute atomic E-state index is 6.01. The number of nitrogens with zero attached hydrogens (tertiary/aromatic N) is 2. The third-order valence-corrected chi connectivity index (χ3v) is 2.59. The van der Waals surface area contributed by atoms with E-state index in [9.17, 15) is 0 Å². The normalized spacial score (nSPS) is 15.2. The zero-order valence-corrected chi connectivity index (χ0v) is 9.46. The van der Waals surface area contributed by atoms with Gasteiger partial charge in [0.1, 0.15) is 5.82 Å². The number of nitrogens with two attached hydrogens (primary N) is 1. The molecule has 0 aromatic carbocycles. The summed E-state index contributed by atoms with van der Waals surface area (Å²) < 4.78 is 1.85. The van der Waals surface area contributed by atoms with Crippen molar-refractivity contribution in [1.29, 1.82) is 0 Å². The molecule has 0 saturated carbocycles. The topological polar surface area (TPSA) is 55.9 Å². The molecule has 0 bridgehead atoms. The van der Waals surface area contributed by atoms with Crippen molar-refractivity contribution in [3.05, 3.63) is 11.8 Å². The Morgan fingerprint density at radius 2 is 2.29 bits per heavy atom. The van der Waals surface area contributed by atoms with E-state index in [2.05, 4.69) is 17.3 Å². The number of aromatic nitrogens is 2. The van der Waals surface area contributed by atoms with Crippen LogP contribution in [0.1, 0.15) is 26.0 Å². The molecule has 0 spiro atoms. The van der Waals surface area contributed by atoms with Gasteiger partial charge in [0.05, 0.1) is 0 Å². The first-order valence-corrected chi connectivity index (χ1v) is 4.98. The van der Waals surface area contributed by atoms with Crippen LogP contribution < -0.4 is 11.1 Å². The molecule has 3 N–H and O–H groups in total. The van der Waals surface area contributed by atoms with E-state index in [1.165, 1.54) is 0 Å². The van der Waals surface area contributed by atoms with E-state index in [4.69, 9.17) is 5.73 Å². The molecule has 80 valence electrons.